The maximum atomic E-state index is 13.0. The highest BCUT2D eigenvalue weighted by Crippen LogP contribution is 2.33. The summed E-state index contributed by atoms with van der Waals surface area (Å²) in [6.07, 6.45) is 6.01. The number of likely N-dealkylation sites (N-methyl/N-ethyl adjacent to an activating group) is 1. The summed E-state index contributed by atoms with van der Waals surface area (Å²) >= 11 is 0. The average Bonchev–Trinajstić information content (AvgIpc) is 3.48. The van der Waals surface area contributed by atoms with Crippen LogP contribution in [0.4, 0.5) is 0 Å². The monoisotopic (exact) mass is 450 g/mol. The summed E-state index contributed by atoms with van der Waals surface area (Å²) in [5.41, 5.74) is 2.55. The Morgan fingerprint density at radius 3 is 2.58 bits per heavy atom. The van der Waals surface area contributed by atoms with Gasteiger partial charge in [0.25, 0.3) is 11.5 Å². The normalized spacial score (nSPS) is 17.8. The van der Waals surface area contributed by atoms with E-state index in [1.807, 2.05) is 30.8 Å². The molecule has 0 spiro atoms. The first-order valence-electron chi connectivity index (χ1n) is 11.7. The molecule has 5 rings (SSSR count). The zero-order chi connectivity index (χ0) is 23.1. The van der Waals surface area contributed by atoms with Crippen LogP contribution in [0.15, 0.2) is 23.1 Å². The first-order chi connectivity index (χ1) is 15.9. The minimum absolute atomic E-state index is 0.0267. The summed E-state index contributed by atoms with van der Waals surface area (Å²) in [4.78, 5) is 45.2. The number of aromatic amines is 1. The molecule has 2 aliphatic rings. The number of aryl methyl sites for hydroxylation is 1. The topological polar surface area (TPSA) is 103 Å². The number of nitrogens with one attached hydrogen (secondary N) is 2. The molecule has 0 unspecified atom stereocenters. The van der Waals surface area contributed by atoms with Crippen molar-refractivity contribution < 1.29 is 9.59 Å². The Labute approximate surface area is 191 Å². The van der Waals surface area contributed by atoms with Crippen molar-refractivity contribution in [1.29, 1.82) is 0 Å². The van der Waals surface area contributed by atoms with E-state index in [2.05, 4.69) is 20.3 Å². The number of hydrogen-bond acceptors (Lipinski definition) is 5. The molecule has 9 heteroatoms. The predicted molar refractivity (Wildman–Crippen MR) is 127 cm³/mol. The van der Waals surface area contributed by atoms with Gasteiger partial charge in [-0.05, 0) is 44.5 Å². The molecule has 0 radical (unpaired) electrons. The fourth-order valence-electron chi connectivity index (χ4n) is 5.08. The molecule has 2 fully saturated rings. The second-order valence-corrected chi connectivity index (χ2v) is 9.32. The van der Waals surface area contributed by atoms with Crippen LogP contribution in [0.2, 0.25) is 0 Å². The Balaban J connectivity index is 1.45. The quantitative estimate of drug-likeness (QED) is 0.631. The Kier molecular flexibility index (Phi) is 5.65. The first-order valence-corrected chi connectivity index (χ1v) is 11.7. The number of pyridine rings is 1. The van der Waals surface area contributed by atoms with Gasteiger partial charge in [0.2, 0.25) is 5.91 Å². The maximum Gasteiger partial charge on any atom is 0.259 e. The van der Waals surface area contributed by atoms with E-state index >= 15 is 0 Å². The van der Waals surface area contributed by atoms with E-state index in [1.165, 1.54) is 0 Å². The molecule has 3 heterocycles. The number of nitrogens with zero attached hydrogens (tertiary/aromatic N) is 4. The highest BCUT2D eigenvalue weighted by molar-refractivity contribution is 6.08. The fourth-order valence-corrected chi connectivity index (χ4v) is 5.08. The van der Waals surface area contributed by atoms with Gasteiger partial charge in [0, 0.05) is 37.1 Å². The van der Waals surface area contributed by atoms with E-state index in [-0.39, 0.29) is 30.0 Å². The molecule has 174 valence electrons. The molecular formula is C24H30N6O3. The third kappa shape index (κ3) is 4.01. The zero-order valence-corrected chi connectivity index (χ0v) is 19.2. The predicted octanol–water partition coefficient (Wildman–Crippen LogP) is 1.81. The van der Waals surface area contributed by atoms with Crippen molar-refractivity contribution in [3.05, 3.63) is 39.8 Å². The van der Waals surface area contributed by atoms with Crippen LogP contribution < -0.4 is 10.9 Å². The number of aromatic nitrogens is 3. The Morgan fingerprint density at radius 2 is 1.85 bits per heavy atom. The standard InChI is InChI=1S/C24H30N6O3/c1-15-11-20-18(22-19(24(33)27-20)13-26-30(22)16-5-3-4-6-16)12-17(15)23(32)25-14-21(31)29-9-7-28(2)8-10-29/h11-13,16H,3-10,14H2,1-2H3,(H,25,32)(H,27,33). The van der Waals surface area contributed by atoms with Gasteiger partial charge in [0.15, 0.2) is 0 Å². The summed E-state index contributed by atoms with van der Waals surface area (Å²) in [6.45, 7) is 4.85. The lowest BCUT2D eigenvalue weighted by Gasteiger charge is -2.32. The number of hydrogen-bond donors (Lipinski definition) is 2. The van der Waals surface area contributed by atoms with Gasteiger partial charge in [-0.1, -0.05) is 12.8 Å². The molecule has 1 aromatic carbocycles. The lowest BCUT2D eigenvalue weighted by molar-refractivity contribution is -0.131. The van der Waals surface area contributed by atoms with Crippen LogP contribution in [-0.4, -0.2) is 76.2 Å². The molecule has 2 amide bonds. The van der Waals surface area contributed by atoms with Gasteiger partial charge < -0.3 is 20.1 Å². The number of amides is 2. The van der Waals surface area contributed by atoms with Gasteiger partial charge in [-0.2, -0.15) is 5.10 Å². The Hall–Kier alpha value is -3.20. The fraction of sp³-hybridized carbons (Fsp3) is 0.500. The molecule has 2 N–H and O–H groups in total. The molecule has 0 bridgehead atoms. The molecule has 1 aliphatic heterocycles. The lowest BCUT2D eigenvalue weighted by Crippen LogP contribution is -2.50. The average molecular weight is 451 g/mol. The van der Waals surface area contributed by atoms with Crippen LogP contribution in [0.25, 0.3) is 21.8 Å². The third-order valence-electron chi connectivity index (χ3n) is 7.08. The number of benzene rings is 1. The van der Waals surface area contributed by atoms with Crippen molar-refractivity contribution in [2.75, 3.05) is 39.8 Å². The molecule has 0 atom stereocenters. The van der Waals surface area contributed by atoms with E-state index < -0.39 is 0 Å². The highest BCUT2D eigenvalue weighted by Gasteiger charge is 2.23. The van der Waals surface area contributed by atoms with E-state index in [1.54, 1.807) is 11.1 Å². The molecule has 1 saturated carbocycles. The van der Waals surface area contributed by atoms with E-state index in [0.717, 1.165) is 55.2 Å². The van der Waals surface area contributed by atoms with Crippen molar-refractivity contribution >= 4 is 33.6 Å². The minimum atomic E-state index is -0.289. The molecule has 3 aromatic rings. The molecular weight excluding hydrogens is 420 g/mol. The number of piperazine rings is 1. The van der Waals surface area contributed by atoms with Crippen LogP contribution in [0.5, 0.6) is 0 Å². The smallest absolute Gasteiger partial charge is 0.259 e. The second-order valence-electron chi connectivity index (χ2n) is 9.32. The number of carbonyl (C=O) groups excluding carboxylic acids is 2. The van der Waals surface area contributed by atoms with Gasteiger partial charge in [0.05, 0.1) is 35.2 Å². The number of rotatable bonds is 4. The summed E-state index contributed by atoms with van der Waals surface area (Å²) in [5, 5.41) is 8.68. The Bertz CT molecular complexity index is 1280. The molecule has 33 heavy (non-hydrogen) atoms. The van der Waals surface area contributed by atoms with Gasteiger partial charge in [-0.25, -0.2) is 0 Å². The summed E-state index contributed by atoms with van der Waals surface area (Å²) < 4.78 is 1.97. The highest BCUT2D eigenvalue weighted by atomic mass is 16.2. The van der Waals surface area contributed by atoms with Crippen LogP contribution in [0.1, 0.15) is 47.6 Å². The van der Waals surface area contributed by atoms with Gasteiger partial charge in [0.1, 0.15) is 0 Å². The summed E-state index contributed by atoms with van der Waals surface area (Å²) in [6, 6.07) is 3.93. The SMILES string of the molecule is Cc1cc2[nH]c(=O)c3cnn(C4CCCC4)c3c2cc1C(=O)NCC(=O)N1CCN(C)CC1. The lowest BCUT2D eigenvalue weighted by atomic mass is 10.0. The third-order valence-corrected chi connectivity index (χ3v) is 7.08. The van der Waals surface area contributed by atoms with E-state index in [9.17, 15) is 14.4 Å². The van der Waals surface area contributed by atoms with Crippen molar-refractivity contribution in [2.45, 2.75) is 38.6 Å². The van der Waals surface area contributed by atoms with Crippen LogP contribution >= 0.6 is 0 Å². The van der Waals surface area contributed by atoms with Crippen molar-refractivity contribution in [3.63, 3.8) is 0 Å². The number of fused-ring (bicyclic) bond motifs is 3. The van der Waals surface area contributed by atoms with E-state index in [0.29, 0.717) is 29.6 Å². The van der Waals surface area contributed by atoms with Gasteiger partial charge >= 0.3 is 0 Å². The first kappa shape index (κ1) is 21.6. The molecule has 2 aromatic heterocycles. The second kappa shape index (κ2) is 8.62. The molecule has 1 saturated heterocycles. The van der Waals surface area contributed by atoms with Crippen molar-refractivity contribution in [2.24, 2.45) is 0 Å². The maximum absolute atomic E-state index is 13.0. The minimum Gasteiger partial charge on any atom is -0.343 e. The van der Waals surface area contributed by atoms with Gasteiger partial charge in [-0.3, -0.25) is 19.1 Å². The van der Waals surface area contributed by atoms with Crippen molar-refractivity contribution in [3.8, 4) is 0 Å². The van der Waals surface area contributed by atoms with Crippen LogP contribution in [0, 0.1) is 6.92 Å². The van der Waals surface area contributed by atoms with Crippen LogP contribution in [0.3, 0.4) is 0 Å². The Morgan fingerprint density at radius 1 is 1.12 bits per heavy atom. The number of H-pyrrole nitrogens is 1. The number of carbonyl (C=O) groups is 2. The van der Waals surface area contributed by atoms with E-state index in [4.69, 9.17) is 0 Å². The van der Waals surface area contributed by atoms with Crippen molar-refractivity contribution in [1.82, 2.24) is 29.9 Å². The largest absolute Gasteiger partial charge is 0.343 e. The van der Waals surface area contributed by atoms with Gasteiger partial charge in [-0.15, -0.1) is 0 Å². The molecule has 9 nitrogen and oxygen atoms in total. The molecule has 1 aliphatic carbocycles. The zero-order valence-electron chi connectivity index (χ0n) is 19.2. The summed E-state index contributed by atoms with van der Waals surface area (Å²) in [5.74, 6) is -0.357. The van der Waals surface area contributed by atoms with Crippen LogP contribution in [-0.2, 0) is 4.79 Å². The summed E-state index contributed by atoms with van der Waals surface area (Å²) in [7, 11) is 2.04.